The number of hydrogen-bond donors (Lipinski definition) is 3. The quantitative estimate of drug-likeness (QED) is 0.171. The van der Waals surface area contributed by atoms with E-state index in [1.54, 1.807) is 18.2 Å². The molecule has 176 valence electrons. The van der Waals surface area contributed by atoms with Gasteiger partial charge < -0.3 is 19.7 Å². The van der Waals surface area contributed by atoms with Crippen molar-refractivity contribution in [1.29, 1.82) is 0 Å². The van der Waals surface area contributed by atoms with E-state index in [9.17, 15) is 35.2 Å². The Kier molecular flexibility index (Phi) is 6.96. The number of rotatable bonds is 9. The fraction of sp³-hybridized carbons (Fsp3) is 0.105. The number of ether oxygens (including phenoxy) is 2. The van der Waals surface area contributed by atoms with Crippen LogP contribution in [0.1, 0.15) is 5.56 Å². The molecule has 0 aliphatic carbocycles. The van der Waals surface area contributed by atoms with E-state index in [-0.39, 0.29) is 11.0 Å². The maximum absolute atomic E-state index is 11.8. The number of phenols is 1. The first-order chi connectivity index (χ1) is 16.1. The van der Waals surface area contributed by atoms with Crippen molar-refractivity contribution in [2.24, 2.45) is 0 Å². The second-order valence-electron chi connectivity index (χ2n) is 6.40. The van der Waals surface area contributed by atoms with Gasteiger partial charge >= 0.3 is 11.7 Å². The normalized spacial score (nSPS) is 11.2. The molecule has 34 heavy (non-hydrogen) atoms. The van der Waals surface area contributed by atoms with Gasteiger partial charge in [-0.1, -0.05) is 0 Å². The topological polar surface area (TPSA) is 204 Å². The van der Waals surface area contributed by atoms with Gasteiger partial charge in [0.05, 0.1) is 30.1 Å². The number of aromatic amines is 1. The first-order valence-electron chi connectivity index (χ1n) is 9.07. The van der Waals surface area contributed by atoms with E-state index in [0.717, 1.165) is 12.1 Å². The third-order valence-electron chi connectivity index (χ3n) is 4.30. The van der Waals surface area contributed by atoms with Crippen molar-refractivity contribution >= 4 is 35.2 Å². The maximum Gasteiger partial charge on any atom is 0.342 e. The number of benzene rings is 2. The number of methoxy groups -OCH3 is 2. The van der Waals surface area contributed by atoms with Crippen LogP contribution in [0.5, 0.6) is 17.2 Å². The van der Waals surface area contributed by atoms with Gasteiger partial charge in [-0.25, -0.2) is 9.78 Å². The Balaban J connectivity index is 1.99. The zero-order valence-electron chi connectivity index (χ0n) is 17.4. The Morgan fingerprint density at radius 3 is 2.26 bits per heavy atom. The van der Waals surface area contributed by atoms with Gasteiger partial charge in [-0.15, -0.1) is 5.10 Å². The summed E-state index contributed by atoms with van der Waals surface area (Å²) in [6.07, 6.45) is 0.854. The van der Waals surface area contributed by atoms with Crippen molar-refractivity contribution < 1.29 is 34.3 Å². The van der Waals surface area contributed by atoms with Crippen molar-refractivity contribution in [1.82, 2.24) is 15.2 Å². The van der Waals surface area contributed by atoms with Gasteiger partial charge in [-0.3, -0.25) is 25.3 Å². The minimum absolute atomic E-state index is 0.0372. The number of thioether (sulfide) groups is 1. The number of nitrogens with one attached hydrogen (secondary N) is 1. The van der Waals surface area contributed by atoms with Gasteiger partial charge in [-0.05, 0) is 30.0 Å². The number of non-ortho nitro benzene ring substituents is 1. The summed E-state index contributed by atoms with van der Waals surface area (Å²) in [4.78, 5) is 35.8. The summed E-state index contributed by atoms with van der Waals surface area (Å²) in [6, 6.07) is 6.32. The van der Waals surface area contributed by atoms with E-state index >= 15 is 0 Å². The Morgan fingerprint density at radius 2 is 1.74 bits per heavy atom. The van der Waals surface area contributed by atoms with E-state index in [4.69, 9.17) is 9.47 Å². The minimum Gasteiger partial charge on any atom is -0.502 e. The number of carbonyl (C=O) groups is 1. The summed E-state index contributed by atoms with van der Waals surface area (Å²) < 4.78 is 10.4. The second kappa shape index (κ2) is 9.86. The monoisotopic (exact) mass is 489 g/mol. The highest BCUT2D eigenvalue weighted by Gasteiger charge is 2.24. The molecule has 0 saturated carbocycles. The van der Waals surface area contributed by atoms with E-state index in [1.807, 2.05) is 0 Å². The van der Waals surface area contributed by atoms with Gasteiger partial charge in [0.15, 0.2) is 5.82 Å². The van der Waals surface area contributed by atoms with Gasteiger partial charge in [-0.2, -0.15) is 0 Å². The molecule has 0 amide bonds. The standard InChI is InChI=1S/C19H15N5O9S/c1-32-12-4-10(5-13(8-12)33-2)17-20-19(22-21-17)34-15(18(26)27)6-9-3-11(23(28)29)7-14(16(9)25)24(30)31/h3-8,25H,1-2H3,(H,26,27)(H,20,21,22)/b15-6-. The van der Waals surface area contributed by atoms with Gasteiger partial charge in [0.1, 0.15) is 16.4 Å². The average Bonchev–Trinajstić information content (AvgIpc) is 3.27. The summed E-state index contributed by atoms with van der Waals surface area (Å²) >= 11 is 0.559. The molecule has 0 atom stereocenters. The Labute approximate surface area is 194 Å². The van der Waals surface area contributed by atoms with Crippen LogP contribution in [-0.2, 0) is 4.79 Å². The molecule has 0 aliphatic rings. The van der Waals surface area contributed by atoms with Gasteiger partial charge in [0.25, 0.3) is 5.69 Å². The van der Waals surface area contributed by atoms with Crippen LogP contribution in [-0.4, -0.2) is 55.4 Å². The van der Waals surface area contributed by atoms with E-state index in [0.29, 0.717) is 34.9 Å². The van der Waals surface area contributed by atoms with Crippen molar-refractivity contribution in [2.45, 2.75) is 5.16 Å². The lowest BCUT2D eigenvalue weighted by molar-refractivity contribution is -0.394. The maximum atomic E-state index is 11.8. The number of aromatic hydroxyl groups is 1. The summed E-state index contributed by atoms with van der Waals surface area (Å²) in [5.41, 5.74) is -1.54. The molecule has 0 saturated heterocycles. The first-order valence-corrected chi connectivity index (χ1v) is 9.89. The predicted molar refractivity (Wildman–Crippen MR) is 118 cm³/mol. The molecule has 0 spiro atoms. The number of nitrogens with zero attached hydrogens (tertiary/aromatic N) is 4. The number of H-pyrrole nitrogens is 1. The number of nitro groups is 2. The molecule has 0 aliphatic heterocycles. The van der Waals surface area contributed by atoms with E-state index in [2.05, 4.69) is 15.2 Å². The SMILES string of the molecule is COc1cc(OC)cc(-c2nc(S/C(=C\c3cc([N+](=O)[O-])cc([N+](=O)[O-])c3O)C(=O)O)n[nH]2)c1. The molecule has 15 heteroatoms. The zero-order valence-corrected chi connectivity index (χ0v) is 18.2. The third-order valence-corrected chi connectivity index (χ3v) is 5.18. The highest BCUT2D eigenvalue weighted by Crippen LogP contribution is 2.37. The van der Waals surface area contributed by atoms with Crippen LogP contribution in [0, 0.1) is 20.2 Å². The molecule has 0 unspecified atom stereocenters. The Bertz CT molecular complexity index is 1300. The van der Waals surface area contributed by atoms with Crippen LogP contribution in [0.2, 0.25) is 0 Å². The number of phenolic OH excluding ortho intramolecular Hbond substituents is 1. The molecule has 2 aromatic carbocycles. The predicted octanol–water partition coefficient (Wildman–Crippen LogP) is 3.23. The zero-order chi connectivity index (χ0) is 25.0. The number of nitro benzene ring substituents is 2. The number of hydrogen-bond acceptors (Lipinski definition) is 11. The lowest BCUT2D eigenvalue weighted by Crippen LogP contribution is -1.99. The Hall–Kier alpha value is -4.66. The lowest BCUT2D eigenvalue weighted by Gasteiger charge is -2.06. The molecule has 1 aromatic heterocycles. The largest absolute Gasteiger partial charge is 0.502 e. The fourth-order valence-corrected chi connectivity index (χ4v) is 3.42. The van der Waals surface area contributed by atoms with Crippen LogP contribution in [0.4, 0.5) is 11.4 Å². The van der Waals surface area contributed by atoms with Gasteiger partial charge in [0.2, 0.25) is 10.9 Å². The molecule has 0 radical (unpaired) electrons. The van der Waals surface area contributed by atoms with Crippen LogP contribution in [0.15, 0.2) is 40.4 Å². The van der Waals surface area contributed by atoms with E-state index in [1.165, 1.54) is 14.2 Å². The molecule has 0 bridgehead atoms. The first kappa shape index (κ1) is 24.0. The van der Waals surface area contributed by atoms with E-state index < -0.39 is 43.4 Å². The summed E-state index contributed by atoms with van der Waals surface area (Å²) in [6.45, 7) is 0. The smallest absolute Gasteiger partial charge is 0.342 e. The van der Waals surface area contributed by atoms with Crippen LogP contribution in [0.3, 0.4) is 0 Å². The number of carboxylic acids is 1. The minimum atomic E-state index is -1.48. The van der Waals surface area contributed by atoms with Crippen molar-refractivity contribution in [3.05, 3.63) is 61.0 Å². The molecule has 3 N–H and O–H groups in total. The van der Waals surface area contributed by atoms with Crippen molar-refractivity contribution in [2.75, 3.05) is 14.2 Å². The van der Waals surface area contributed by atoms with Crippen LogP contribution in [0.25, 0.3) is 17.5 Å². The second-order valence-corrected chi connectivity index (χ2v) is 7.41. The molecule has 1 heterocycles. The van der Waals surface area contributed by atoms with Crippen LogP contribution < -0.4 is 9.47 Å². The highest BCUT2D eigenvalue weighted by atomic mass is 32.2. The van der Waals surface area contributed by atoms with Crippen molar-refractivity contribution in [3.8, 4) is 28.6 Å². The summed E-state index contributed by atoms with van der Waals surface area (Å²) in [5, 5.41) is 48.5. The highest BCUT2D eigenvalue weighted by molar-refractivity contribution is 8.04. The molecule has 14 nitrogen and oxygen atoms in total. The third kappa shape index (κ3) is 5.21. The fourth-order valence-electron chi connectivity index (χ4n) is 2.72. The molecular weight excluding hydrogens is 474 g/mol. The summed E-state index contributed by atoms with van der Waals surface area (Å²) in [7, 11) is 2.94. The Morgan fingerprint density at radius 1 is 1.09 bits per heavy atom. The number of aliphatic carboxylic acids is 1. The molecular formula is C19H15N5O9S. The molecule has 3 aromatic rings. The number of aromatic nitrogens is 3. The lowest BCUT2D eigenvalue weighted by atomic mass is 10.1. The number of carboxylic acid groups (broad SMARTS) is 1. The van der Waals surface area contributed by atoms with Crippen LogP contribution >= 0.6 is 11.8 Å². The van der Waals surface area contributed by atoms with Gasteiger partial charge in [0, 0.05) is 23.3 Å². The molecule has 3 rings (SSSR count). The van der Waals surface area contributed by atoms with Crippen molar-refractivity contribution in [3.63, 3.8) is 0 Å². The average molecular weight is 489 g/mol. The molecule has 0 fully saturated rings. The summed E-state index contributed by atoms with van der Waals surface area (Å²) in [5.74, 6) is -1.18.